The molecule has 1 aromatic carbocycles. The van der Waals surface area contributed by atoms with Crippen LogP contribution in [-0.2, 0) is 6.54 Å². The van der Waals surface area contributed by atoms with Crippen molar-refractivity contribution in [3.8, 4) is 0 Å². The second-order valence-corrected chi connectivity index (χ2v) is 6.85. The lowest BCUT2D eigenvalue weighted by atomic mass is 9.83. The number of rotatable bonds is 5. The number of nitrogens with zero attached hydrogens (tertiary/aromatic N) is 1. The minimum absolute atomic E-state index is 0.669. The first-order chi connectivity index (χ1) is 9.65. The Morgan fingerprint density at radius 2 is 2.05 bits per heavy atom. The van der Waals surface area contributed by atoms with E-state index < -0.39 is 0 Å². The van der Waals surface area contributed by atoms with E-state index in [4.69, 9.17) is 5.73 Å². The number of nitrogens with two attached hydrogens (primary N) is 1. The fourth-order valence-electron chi connectivity index (χ4n) is 3.45. The summed E-state index contributed by atoms with van der Waals surface area (Å²) in [5.41, 5.74) is 8.72. The lowest BCUT2D eigenvalue weighted by Gasteiger charge is -2.39. The van der Waals surface area contributed by atoms with E-state index in [0.29, 0.717) is 12.0 Å². The molecule has 2 rings (SSSR count). The third kappa shape index (κ3) is 3.84. The maximum Gasteiger partial charge on any atom is 0.0236 e. The molecule has 2 N–H and O–H groups in total. The summed E-state index contributed by atoms with van der Waals surface area (Å²) in [4.78, 5) is 2.62. The van der Waals surface area contributed by atoms with E-state index in [0.717, 1.165) is 19.6 Å². The molecule has 0 radical (unpaired) electrons. The second-order valence-electron chi connectivity index (χ2n) is 5.99. The Kier molecular flexibility index (Phi) is 6.06. The van der Waals surface area contributed by atoms with E-state index in [-0.39, 0.29) is 0 Å². The summed E-state index contributed by atoms with van der Waals surface area (Å²) in [6.45, 7) is 7.42. The highest BCUT2D eigenvalue weighted by atomic mass is 79.9. The van der Waals surface area contributed by atoms with Crippen LogP contribution in [0.25, 0.3) is 0 Å². The van der Waals surface area contributed by atoms with E-state index in [9.17, 15) is 0 Å². The summed E-state index contributed by atoms with van der Waals surface area (Å²) in [7, 11) is 0. The second kappa shape index (κ2) is 7.58. The molecular formula is C17H27BrN2. The third-order valence-electron chi connectivity index (χ3n) is 4.65. The molecule has 1 aromatic rings. The molecular weight excluding hydrogens is 312 g/mol. The van der Waals surface area contributed by atoms with Crippen molar-refractivity contribution >= 4 is 15.9 Å². The van der Waals surface area contributed by atoms with Crippen LogP contribution in [0.3, 0.4) is 0 Å². The molecule has 1 fully saturated rings. The van der Waals surface area contributed by atoms with Gasteiger partial charge in [0.2, 0.25) is 0 Å². The van der Waals surface area contributed by atoms with Crippen molar-refractivity contribution in [2.75, 3.05) is 13.1 Å². The van der Waals surface area contributed by atoms with E-state index in [2.05, 4.69) is 52.9 Å². The van der Waals surface area contributed by atoms with Gasteiger partial charge in [0.1, 0.15) is 0 Å². The Morgan fingerprint density at radius 1 is 1.30 bits per heavy atom. The largest absolute Gasteiger partial charge is 0.330 e. The molecule has 1 aliphatic rings. The van der Waals surface area contributed by atoms with Gasteiger partial charge in [-0.15, -0.1) is 0 Å². The number of hydrogen-bond donors (Lipinski definition) is 1. The van der Waals surface area contributed by atoms with Crippen LogP contribution in [0.5, 0.6) is 0 Å². The van der Waals surface area contributed by atoms with Gasteiger partial charge in [0.15, 0.2) is 0 Å². The topological polar surface area (TPSA) is 29.3 Å². The zero-order valence-corrected chi connectivity index (χ0v) is 14.3. The normalized spacial score (nSPS) is 23.2. The van der Waals surface area contributed by atoms with Crippen molar-refractivity contribution in [2.45, 2.75) is 52.1 Å². The van der Waals surface area contributed by atoms with Crippen LogP contribution < -0.4 is 5.73 Å². The standard InChI is InChI=1S/C17H27BrN2/c1-3-20(17-7-5-4-6-15(17)11-19)12-14-8-9-16(18)13(2)10-14/h8-10,15,17H,3-7,11-12,19H2,1-2H3. The Labute approximate surface area is 131 Å². The molecule has 0 amide bonds. The molecule has 0 bridgehead atoms. The van der Waals surface area contributed by atoms with Gasteiger partial charge in [0.25, 0.3) is 0 Å². The van der Waals surface area contributed by atoms with E-state index in [1.165, 1.54) is 41.3 Å². The molecule has 0 saturated heterocycles. The van der Waals surface area contributed by atoms with Gasteiger partial charge >= 0.3 is 0 Å². The molecule has 2 atom stereocenters. The van der Waals surface area contributed by atoms with Crippen molar-refractivity contribution in [1.29, 1.82) is 0 Å². The summed E-state index contributed by atoms with van der Waals surface area (Å²) in [5, 5.41) is 0. The Hall–Kier alpha value is -0.380. The van der Waals surface area contributed by atoms with Crippen molar-refractivity contribution < 1.29 is 0 Å². The van der Waals surface area contributed by atoms with Crippen molar-refractivity contribution in [3.63, 3.8) is 0 Å². The molecule has 3 heteroatoms. The highest BCUT2D eigenvalue weighted by molar-refractivity contribution is 9.10. The monoisotopic (exact) mass is 338 g/mol. The summed E-state index contributed by atoms with van der Waals surface area (Å²) in [6, 6.07) is 7.37. The summed E-state index contributed by atoms with van der Waals surface area (Å²) < 4.78 is 1.20. The van der Waals surface area contributed by atoms with Crippen LogP contribution in [0, 0.1) is 12.8 Å². The highest BCUT2D eigenvalue weighted by Gasteiger charge is 2.28. The number of benzene rings is 1. The Bertz CT molecular complexity index is 433. The fraction of sp³-hybridized carbons (Fsp3) is 0.647. The SMILES string of the molecule is CCN(Cc1ccc(Br)c(C)c1)C1CCCCC1CN. The zero-order chi connectivity index (χ0) is 14.5. The minimum atomic E-state index is 0.669. The minimum Gasteiger partial charge on any atom is -0.330 e. The molecule has 2 unspecified atom stereocenters. The Morgan fingerprint density at radius 3 is 2.70 bits per heavy atom. The van der Waals surface area contributed by atoms with E-state index in [1.54, 1.807) is 0 Å². The van der Waals surface area contributed by atoms with Gasteiger partial charge in [0, 0.05) is 17.1 Å². The predicted octanol–water partition coefficient (Wildman–Crippen LogP) is 4.10. The first-order valence-corrected chi connectivity index (χ1v) is 8.64. The molecule has 0 heterocycles. The lowest BCUT2D eigenvalue weighted by Crippen LogP contribution is -2.44. The quantitative estimate of drug-likeness (QED) is 0.875. The molecule has 0 aromatic heterocycles. The molecule has 112 valence electrons. The van der Waals surface area contributed by atoms with Gasteiger partial charge < -0.3 is 5.73 Å². The van der Waals surface area contributed by atoms with Gasteiger partial charge in [0.05, 0.1) is 0 Å². The van der Waals surface area contributed by atoms with Crippen LogP contribution in [-0.4, -0.2) is 24.0 Å². The zero-order valence-electron chi connectivity index (χ0n) is 12.7. The van der Waals surface area contributed by atoms with Gasteiger partial charge in [-0.05, 0) is 56.0 Å². The van der Waals surface area contributed by atoms with Crippen molar-refractivity contribution in [3.05, 3.63) is 33.8 Å². The average Bonchev–Trinajstić information content (AvgIpc) is 2.48. The molecule has 20 heavy (non-hydrogen) atoms. The molecule has 1 aliphatic carbocycles. The third-order valence-corrected chi connectivity index (χ3v) is 5.54. The van der Waals surface area contributed by atoms with Gasteiger partial charge in [-0.3, -0.25) is 4.90 Å². The maximum atomic E-state index is 5.99. The van der Waals surface area contributed by atoms with E-state index >= 15 is 0 Å². The van der Waals surface area contributed by atoms with Crippen LogP contribution in [0.1, 0.15) is 43.7 Å². The number of aryl methyl sites for hydroxylation is 1. The first kappa shape index (κ1) is 16.0. The maximum absolute atomic E-state index is 5.99. The van der Waals surface area contributed by atoms with Gasteiger partial charge in [-0.2, -0.15) is 0 Å². The van der Waals surface area contributed by atoms with Crippen molar-refractivity contribution in [2.24, 2.45) is 11.7 Å². The summed E-state index contributed by atoms with van der Waals surface area (Å²) in [5.74, 6) is 0.681. The Balaban J connectivity index is 2.09. The van der Waals surface area contributed by atoms with E-state index in [1.807, 2.05) is 0 Å². The van der Waals surface area contributed by atoms with Crippen LogP contribution in [0.4, 0.5) is 0 Å². The number of halogens is 1. The summed E-state index contributed by atoms with van der Waals surface area (Å²) in [6.07, 6.45) is 5.33. The molecule has 0 aliphatic heterocycles. The molecule has 2 nitrogen and oxygen atoms in total. The van der Waals surface area contributed by atoms with Crippen LogP contribution in [0.15, 0.2) is 22.7 Å². The smallest absolute Gasteiger partial charge is 0.0236 e. The highest BCUT2D eigenvalue weighted by Crippen LogP contribution is 2.29. The molecule has 1 saturated carbocycles. The average molecular weight is 339 g/mol. The van der Waals surface area contributed by atoms with Gasteiger partial charge in [-0.1, -0.05) is 47.8 Å². The fourth-order valence-corrected chi connectivity index (χ4v) is 3.69. The number of hydrogen-bond acceptors (Lipinski definition) is 2. The predicted molar refractivity (Wildman–Crippen MR) is 89.8 cm³/mol. The lowest BCUT2D eigenvalue weighted by molar-refractivity contribution is 0.105. The van der Waals surface area contributed by atoms with Crippen LogP contribution in [0.2, 0.25) is 0 Å². The van der Waals surface area contributed by atoms with Crippen molar-refractivity contribution in [1.82, 2.24) is 4.90 Å². The summed E-state index contributed by atoms with van der Waals surface area (Å²) >= 11 is 3.58. The van der Waals surface area contributed by atoms with Crippen LogP contribution >= 0.6 is 15.9 Å². The van der Waals surface area contributed by atoms with Gasteiger partial charge in [-0.25, -0.2) is 0 Å². The molecule has 0 spiro atoms. The first-order valence-electron chi connectivity index (χ1n) is 7.84.